The summed E-state index contributed by atoms with van der Waals surface area (Å²) in [5.41, 5.74) is 0.338. The third-order valence-electron chi connectivity index (χ3n) is 1.34. The van der Waals surface area contributed by atoms with Crippen LogP contribution in [0.25, 0.3) is 0 Å². The quantitative estimate of drug-likeness (QED) is 0.425. The van der Waals surface area contributed by atoms with E-state index < -0.39 is 4.92 Å². The lowest BCUT2D eigenvalue weighted by molar-refractivity contribution is -0.388. The molecule has 1 aromatic heterocycles. The van der Waals surface area contributed by atoms with Crippen molar-refractivity contribution in [2.24, 2.45) is 0 Å². The van der Waals surface area contributed by atoms with Gasteiger partial charge in [-0.3, -0.25) is 0 Å². The van der Waals surface area contributed by atoms with E-state index in [-0.39, 0.29) is 12.4 Å². The van der Waals surface area contributed by atoms with Crippen LogP contribution in [0, 0.1) is 22.5 Å². The molecule has 0 saturated carbocycles. The molecular formula is C8H7N3O2. The number of nitro groups is 1. The van der Waals surface area contributed by atoms with Crippen molar-refractivity contribution in [3.05, 3.63) is 28.4 Å². The van der Waals surface area contributed by atoms with Gasteiger partial charge in [-0.1, -0.05) is 5.92 Å². The highest BCUT2D eigenvalue weighted by atomic mass is 16.6. The second-order valence-electron chi connectivity index (χ2n) is 2.19. The Hall–Kier alpha value is -2.09. The Bertz CT molecular complexity index is 357. The number of aromatic nitrogens is 1. The molecule has 1 N–H and O–H groups in total. The molecule has 0 bridgehead atoms. The first kappa shape index (κ1) is 9.00. The second kappa shape index (κ2) is 4.07. The predicted molar refractivity (Wildman–Crippen MR) is 48.2 cm³/mol. The standard InChI is InChI=1S/C8H7N3O2/c1-2-5-9-7-4-3-6-10-8(7)11(12)13/h1,3-4,6,9H,5H2. The maximum absolute atomic E-state index is 10.4. The number of hydrogen-bond donors (Lipinski definition) is 1. The summed E-state index contributed by atoms with van der Waals surface area (Å²) in [7, 11) is 0. The van der Waals surface area contributed by atoms with Crippen LogP contribution in [-0.4, -0.2) is 16.5 Å². The van der Waals surface area contributed by atoms with Gasteiger partial charge in [0, 0.05) is 0 Å². The molecule has 1 heterocycles. The van der Waals surface area contributed by atoms with Gasteiger partial charge >= 0.3 is 5.82 Å². The molecule has 0 radical (unpaired) electrons. The zero-order chi connectivity index (χ0) is 9.68. The zero-order valence-electron chi connectivity index (χ0n) is 6.73. The van der Waals surface area contributed by atoms with Gasteiger partial charge in [0.15, 0.2) is 0 Å². The largest absolute Gasteiger partial charge is 0.386 e. The first-order chi connectivity index (χ1) is 6.25. The second-order valence-corrected chi connectivity index (χ2v) is 2.19. The van der Waals surface area contributed by atoms with E-state index in [0.29, 0.717) is 5.69 Å². The van der Waals surface area contributed by atoms with Crippen LogP contribution in [0.1, 0.15) is 0 Å². The van der Waals surface area contributed by atoms with Gasteiger partial charge in [0.05, 0.1) is 6.54 Å². The number of pyridine rings is 1. The SMILES string of the molecule is C#CCNc1cccnc1[N+](=O)[O-]. The maximum atomic E-state index is 10.4. The smallest absolute Gasteiger partial charge is 0.367 e. The molecule has 0 aliphatic heterocycles. The van der Waals surface area contributed by atoms with Crippen LogP contribution in [0.4, 0.5) is 11.5 Å². The molecule has 0 saturated heterocycles. The van der Waals surface area contributed by atoms with E-state index >= 15 is 0 Å². The van der Waals surface area contributed by atoms with E-state index in [1.54, 1.807) is 12.1 Å². The van der Waals surface area contributed by atoms with E-state index in [1.807, 2.05) is 0 Å². The van der Waals surface area contributed by atoms with E-state index in [1.165, 1.54) is 6.20 Å². The molecule has 0 atom stereocenters. The minimum atomic E-state index is -0.557. The number of rotatable bonds is 3. The summed E-state index contributed by atoms with van der Waals surface area (Å²) in [4.78, 5) is 13.5. The predicted octanol–water partition coefficient (Wildman–Crippen LogP) is 1.03. The molecule has 0 aromatic carbocycles. The summed E-state index contributed by atoms with van der Waals surface area (Å²) >= 11 is 0. The van der Waals surface area contributed by atoms with Crippen molar-refractivity contribution in [3.63, 3.8) is 0 Å². The zero-order valence-corrected chi connectivity index (χ0v) is 6.73. The van der Waals surface area contributed by atoms with Crippen LogP contribution in [0.5, 0.6) is 0 Å². The summed E-state index contributed by atoms with van der Waals surface area (Å²) in [6.07, 6.45) is 6.36. The molecule has 0 aliphatic carbocycles. The van der Waals surface area contributed by atoms with E-state index in [9.17, 15) is 10.1 Å². The summed E-state index contributed by atoms with van der Waals surface area (Å²) < 4.78 is 0. The molecule has 0 amide bonds. The molecule has 13 heavy (non-hydrogen) atoms. The Labute approximate surface area is 74.9 Å². The summed E-state index contributed by atoms with van der Waals surface area (Å²) in [5, 5.41) is 13.1. The average Bonchev–Trinajstić information content (AvgIpc) is 2.15. The molecule has 5 heteroatoms. The van der Waals surface area contributed by atoms with Crippen LogP contribution in [0.3, 0.4) is 0 Å². The fourth-order valence-electron chi connectivity index (χ4n) is 0.827. The van der Waals surface area contributed by atoms with Crippen LogP contribution >= 0.6 is 0 Å². The first-order valence-electron chi connectivity index (χ1n) is 3.52. The molecule has 1 aromatic rings. The molecule has 66 valence electrons. The Morgan fingerprint density at radius 3 is 3.15 bits per heavy atom. The van der Waals surface area contributed by atoms with E-state index in [2.05, 4.69) is 16.2 Å². The van der Waals surface area contributed by atoms with Gasteiger partial charge in [-0.25, -0.2) is 0 Å². The van der Waals surface area contributed by atoms with E-state index in [0.717, 1.165) is 0 Å². The first-order valence-corrected chi connectivity index (χ1v) is 3.52. The number of hydrogen-bond acceptors (Lipinski definition) is 4. The monoisotopic (exact) mass is 177 g/mol. The maximum Gasteiger partial charge on any atom is 0.386 e. The molecule has 0 spiro atoms. The van der Waals surface area contributed by atoms with Crippen LogP contribution < -0.4 is 5.32 Å². The van der Waals surface area contributed by atoms with Crippen molar-refractivity contribution in [3.8, 4) is 12.3 Å². The minimum absolute atomic E-state index is 0.210. The van der Waals surface area contributed by atoms with Crippen molar-refractivity contribution in [1.82, 2.24) is 4.98 Å². The van der Waals surface area contributed by atoms with Crippen molar-refractivity contribution < 1.29 is 4.92 Å². The van der Waals surface area contributed by atoms with Gasteiger partial charge in [-0.05, 0) is 22.0 Å². The normalized spacial score (nSPS) is 8.85. The van der Waals surface area contributed by atoms with Gasteiger partial charge < -0.3 is 15.4 Å². The summed E-state index contributed by atoms with van der Waals surface area (Å²) in [5.74, 6) is 2.11. The fraction of sp³-hybridized carbons (Fsp3) is 0.125. The van der Waals surface area contributed by atoms with Gasteiger partial charge in [0.25, 0.3) is 0 Å². The van der Waals surface area contributed by atoms with Crippen molar-refractivity contribution in [1.29, 1.82) is 0 Å². The third kappa shape index (κ3) is 2.17. The number of nitrogens with zero attached hydrogens (tertiary/aromatic N) is 2. The van der Waals surface area contributed by atoms with E-state index in [4.69, 9.17) is 6.42 Å². The molecule has 5 nitrogen and oxygen atoms in total. The summed E-state index contributed by atoms with van der Waals surface area (Å²) in [6, 6.07) is 3.16. The topological polar surface area (TPSA) is 68.1 Å². The minimum Gasteiger partial charge on any atom is -0.367 e. The molecule has 0 aliphatic rings. The third-order valence-corrected chi connectivity index (χ3v) is 1.34. The summed E-state index contributed by atoms with van der Waals surface area (Å²) in [6.45, 7) is 0.243. The lowest BCUT2D eigenvalue weighted by Crippen LogP contribution is -2.03. The van der Waals surface area contributed by atoms with Gasteiger partial charge in [0.1, 0.15) is 11.9 Å². The van der Waals surface area contributed by atoms with Crippen molar-refractivity contribution >= 4 is 11.5 Å². The lowest BCUT2D eigenvalue weighted by Gasteiger charge is -2.01. The molecule has 1 rings (SSSR count). The van der Waals surface area contributed by atoms with Gasteiger partial charge in [0.2, 0.25) is 0 Å². The molecule has 0 unspecified atom stereocenters. The van der Waals surface area contributed by atoms with Crippen LogP contribution in [-0.2, 0) is 0 Å². The fourth-order valence-corrected chi connectivity index (χ4v) is 0.827. The van der Waals surface area contributed by atoms with Crippen molar-refractivity contribution in [2.45, 2.75) is 0 Å². The number of nitrogens with one attached hydrogen (secondary N) is 1. The lowest BCUT2D eigenvalue weighted by atomic mass is 10.4. The Kier molecular flexibility index (Phi) is 2.82. The Balaban J connectivity index is 2.92. The number of anilines is 1. The Morgan fingerprint density at radius 2 is 2.54 bits per heavy atom. The van der Waals surface area contributed by atoms with Gasteiger partial charge in [-0.15, -0.1) is 6.42 Å². The molecule has 0 fully saturated rings. The highest BCUT2D eigenvalue weighted by molar-refractivity contribution is 5.56. The number of terminal acetylenes is 1. The Morgan fingerprint density at radius 1 is 1.77 bits per heavy atom. The van der Waals surface area contributed by atoms with Crippen molar-refractivity contribution in [2.75, 3.05) is 11.9 Å². The highest BCUT2D eigenvalue weighted by Gasteiger charge is 2.12. The van der Waals surface area contributed by atoms with Crippen LogP contribution in [0.2, 0.25) is 0 Å². The highest BCUT2D eigenvalue weighted by Crippen LogP contribution is 2.19. The average molecular weight is 177 g/mol. The molecular weight excluding hydrogens is 170 g/mol. The van der Waals surface area contributed by atoms with Gasteiger partial charge in [-0.2, -0.15) is 0 Å². The van der Waals surface area contributed by atoms with Crippen LogP contribution in [0.15, 0.2) is 18.3 Å².